The van der Waals surface area contributed by atoms with E-state index in [1.165, 1.54) is 25.7 Å². The van der Waals surface area contributed by atoms with Gasteiger partial charge in [0, 0.05) is 39.3 Å². The molecule has 0 amide bonds. The number of aromatic nitrogens is 2. The van der Waals surface area contributed by atoms with E-state index < -0.39 is 0 Å². The molecule has 2 fully saturated rings. The lowest BCUT2D eigenvalue weighted by atomic mass is 9.92. The number of hydrogen-bond acceptors (Lipinski definition) is 5. The van der Waals surface area contributed by atoms with Crippen LogP contribution in [0.1, 0.15) is 39.5 Å². The maximum Gasteiger partial charge on any atom is 0.232 e. The fraction of sp³-hybridized carbons (Fsp3) is 0.722. The molecule has 0 radical (unpaired) electrons. The Hall–Kier alpha value is -1.63. The first-order valence-corrected chi connectivity index (χ1v) is 9.83. The minimum absolute atomic E-state index is 0.544. The maximum atomic E-state index is 5.24. The van der Waals surface area contributed by atoms with Crippen LogP contribution in [0.15, 0.2) is 6.07 Å². The van der Waals surface area contributed by atoms with Gasteiger partial charge in [0.05, 0.1) is 0 Å². The van der Waals surface area contributed by atoms with Crippen molar-refractivity contribution in [1.29, 1.82) is 0 Å². The second kappa shape index (κ2) is 8.17. The smallest absolute Gasteiger partial charge is 0.232 e. The highest BCUT2D eigenvalue weighted by Crippen LogP contribution is 2.29. The summed E-state index contributed by atoms with van der Waals surface area (Å²) in [4.78, 5) is 14.3. The van der Waals surface area contributed by atoms with E-state index in [1.54, 1.807) is 7.05 Å². The molecular weight excluding hydrogens is 332 g/mol. The van der Waals surface area contributed by atoms with Crippen molar-refractivity contribution < 1.29 is 0 Å². The third kappa shape index (κ3) is 4.71. The highest BCUT2D eigenvalue weighted by molar-refractivity contribution is 7.80. The number of piperidine rings is 2. The van der Waals surface area contributed by atoms with Crippen molar-refractivity contribution in [1.82, 2.24) is 15.3 Å². The van der Waals surface area contributed by atoms with E-state index in [0.717, 1.165) is 37.8 Å². The molecule has 0 unspecified atom stereocenters. The van der Waals surface area contributed by atoms with E-state index in [4.69, 9.17) is 22.2 Å². The monoisotopic (exact) mass is 362 g/mol. The second-order valence-electron chi connectivity index (χ2n) is 7.51. The molecule has 7 heteroatoms. The third-order valence-electron chi connectivity index (χ3n) is 5.02. The number of hydrogen-bond donors (Lipinski definition) is 2. The minimum atomic E-state index is 0.544. The Balaban J connectivity index is 1.89. The zero-order valence-corrected chi connectivity index (χ0v) is 16.4. The Morgan fingerprint density at radius 3 is 2.24 bits per heavy atom. The molecule has 2 aliphatic heterocycles. The average molecular weight is 363 g/mol. The summed E-state index contributed by atoms with van der Waals surface area (Å²) in [7, 11) is 1.80. The molecule has 2 saturated heterocycles. The Morgan fingerprint density at radius 2 is 1.64 bits per heavy atom. The maximum absolute atomic E-state index is 5.24. The highest BCUT2D eigenvalue weighted by atomic mass is 32.1. The SMILES string of the molecule is CNC(=S)Nc1nc(N2CCCCC2)cc(N2C[C@H](C)C[C@H](C)C2)n1. The molecular formula is C18H30N6S. The van der Waals surface area contributed by atoms with Gasteiger partial charge < -0.3 is 20.4 Å². The Labute approximate surface area is 156 Å². The number of thiocarbonyl (C=S) groups is 1. The molecule has 3 heterocycles. The predicted molar refractivity (Wildman–Crippen MR) is 109 cm³/mol. The molecule has 0 aliphatic carbocycles. The summed E-state index contributed by atoms with van der Waals surface area (Å²) in [5.74, 6) is 3.98. The van der Waals surface area contributed by atoms with Gasteiger partial charge in [0.25, 0.3) is 0 Å². The first kappa shape index (κ1) is 18.2. The van der Waals surface area contributed by atoms with Gasteiger partial charge in [-0.15, -0.1) is 0 Å². The van der Waals surface area contributed by atoms with E-state index in [9.17, 15) is 0 Å². The summed E-state index contributed by atoms with van der Waals surface area (Å²) in [5.41, 5.74) is 0. The molecule has 0 aromatic carbocycles. The van der Waals surface area contributed by atoms with Crippen molar-refractivity contribution in [3.05, 3.63) is 6.07 Å². The molecule has 1 aromatic rings. The summed E-state index contributed by atoms with van der Waals surface area (Å²) < 4.78 is 0. The van der Waals surface area contributed by atoms with Crippen molar-refractivity contribution >= 4 is 34.9 Å². The molecule has 3 rings (SSSR count). The van der Waals surface area contributed by atoms with E-state index in [-0.39, 0.29) is 0 Å². The van der Waals surface area contributed by atoms with Crippen molar-refractivity contribution in [2.24, 2.45) is 11.8 Å². The summed E-state index contributed by atoms with van der Waals surface area (Å²) in [6, 6.07) is 2.16. The number of nitrogens with one attached hydrogen (secondary N) is 2. The molecule has 0 bridgehead atoms. The molecule has 0 spiro atoms. The number of anilines is 3. The van der Waals surface area contributed by atoms with Crippen LogP contribution in [0.2, 0.25) is 0 Å². The van der Waals surface area contributed by atoms with Gasteiger partial charge in [-0.1, -0.05) is 13.8 Å². The quantitative estimate of drug-likeness (QED) is 0.802. The lowest BCUT2D eigenvalue weighted by Crippen LogP contribution is -2.39. The zero-order chi connectivity index (χ0) is 17.8. The van der Waals surface area contributed by atoms with Crippen molar-refractivity contribution in [3.8, 4) is 0 Å². The highest BCUT2D eigenvalue weighted by Gasteiger charge is 2.24. The van der Waals surface area contributed by atoms with Crippen LogP contribution < -0.4 is 20.4 Å². The fourth-order valence-electron chi connectivity index (χ4n) is 3.94. The lowest BCUT2D eigenvalue weighted by molar-refractivity contribution is 0.355. The van der Waals surface area contributed by atoms with Gasteiger partial charge in [0.15, 0.2) is 5.11 Å². The van der Waals surface area contributed by atoms with E-state index >= 15 is 0 Å². The van der Waals surface area contributed by atoms with Gasteiger partial charge >= 0.3 is 0 Å². The van der Waals surface area contributed by atoms with Crippen LogP contribution in [0.4, 0.5) is 17.6 Å². The van der Waals surface area contributed by atoms with Crippen molar-refractivity contribution in [3.63, 3.8) is 0 Å². The fourth-order valence-corrected chi connectivity index (χ4v) is 4.03. The molecule has 2 N–H and O–H groups in total. The molecule has 0 saturated carbocycles. The predicted octanol–water partition coefficient (Wildman–Crippen LogP) is 2.87. The molecule has 25 heavy (non-hydrogen) atoms. The largest absolute Gasteiger partial charge is 0.365 e. The summed E-state index contributed by atoms with van der Waals surface area (Å²) in [6.07, 6.45) is 5.06. The Bertz CT molecular complexity index is 591. The summed E-state index contributed by atoms with van der Waals surface area (Å²) in [6.45, 7) is 8.89. The van der Waals surface area contributed by atoms with Crippen LogP contribution >= 0.6 is 12.2 Å². The number of nitrogens with zero attached hydrogens (tertiary/aromatic N) is 4. The van der Waals surface area contributed by atoms with Gasteiger partial charge in [-0.05, 0) is 49.7 Å². The van der Waals surface area contributed by atoms with Crippen LogP contribution in [0.3, 0.4) is 0 Å². The third-order valence-corrected chi connectivity index (χ3v) is 5.33. The van der Waals surface area contributed by atoms with Gasteiger partial charge in [-0.25, -0.2) is 0 Å². The van der Waals surface area contributed by atoms with Crippen LogP contribution in [-0.2, 0) is 0 Å². The van der Waals surface area contributed by atoms with Crippen LogP contribution in [0.25, 0.3) is 0 Å². The minimum Gasteiger partial charge on any atom is -0.365 e. The molecule has 2 atom stereocenters. The molecule has 6 nitrogen and oxygen atoms in total. The van der Waals surface area contributed by atoms with E-state index in [1.807, 2.05) is 0 Å². The van der Waals surface area contributed by atoms with Gasteiger partial charge in [-0.2, -0.15) is 9.97 Å². The first-order chi connectivity index (χ1) is 12.0. The topological polar surface area (TPSA) is 56.3 Å². The van der Waals surface area contributed by atoms with Gasteiger partial charge in [0.1, 0.15) is 11.6 Å². The standard InChI is InChI=1S/C18H30N6S/c1-13-9-14(2)12-24(11-13)16-10-15(23-7-5-4-6-8-23)20-17(21-16)22-18(25)19-3/h10,13-14H,4-9,11-12H2,1-3H3,(H2,19,20,21,22,25)/t13-,14+. The van der Waals surface area contributed by atoms with E-state index in [0.29, 0.717) is 22.9 Å². The molecule has 2 aliphatic rings. The zero-order valence-electron chi connectivity index (χ0n) is 15.6. The molecule has 1 aromatic heterocycles. The summed E-state index contributed by atoms with van der Waals surface area (Å²) >= 11 is 5.24. The van der Waals surface area contributed by atoms with Crippen LogP contribution in [0, 0.1) is 11.8 Å². The Morgan fingerprint density at radius 1 is 1.04 bits per heavy atom. The number of rotatable bonds is 3. The van der Waals surface area contributed by atoms with Crippen LogP contribution in [-0.4, -0.2) is 48.3 Å². The summed E-state index contributed by atoms with van der Waals surface area (Å²) in [5, 5.41) is 6.60. The van der Waals surface area contributed by atoms with Gasteiger partial charge in [-0.3, -0.25) is 0 Å². The van der Waals surface area contributed by atoms with Crippen molar-refractivity contribution in [2.45, 2.75) is 39.5 Å². The average Bonchev–Trinajstić information content (AvgIpc) is 2.61. The van der Waals surface area contributed by atoms with E-state index in [2.05, 4.69) is 40.3 Å². The van der Waals surface area contributed by atoms with Gasteiger partial charge in [0.2, 0.25) is 5.95 Å². The second-order valence-corrected chi connectivity index (χ2v) is 7.92. The molecule has 138 valence electrons. The van der Waals surface area contributed by atoms with Crippen LogP contribution in [0.5, 0.6) is 0 Å². The lowest BCUT2D eigenvalue weighted by Gasteiger charge is -2.36. The normalized spacial score (nSPS) is 24.1. The Kier molecular flexibility index (Phi) is 5.93. The van der Waals surface area contributed by atoms with Crippen molar-refractivity contribution in [2.75, 3.05) is 48.3 Å². The first-order valence-electron chi connectivity index (χ1n) is 9.43.